The second-order valence-electron chi connectivity index (χ2n) is 7.03. The zero-order valence-electron chi connectivity index (χ0n) is 16.3. The normalized spacial score (nSPS) is 12.4. The van der Waals surface area contributed by atoms with Gasteiger partial charge in [-0.1, -0.05) is 43.8 Å². The molecule has 1 amide bonds. The molecule has 29 heavy (non-hydrogen) atoms. The van der Waals surface area contributed by atoms with Gasteiger partial charge in [0, 0.05) is 17.8 Å². The summed E-state index contributed by atoms with van der Waals surface area (Å²) < 4.78 is 12.9. The summed E-state index contributed by atoms with van der Waals surface area (Å²) in [6, 6.07) is 15.6. The number of rotatable bonds is 7. The van der Waals surface area contributed by atoms with E-state index >= 15 is 0 Å². The summed E-state index contributed by atoms with van der Waals surface area (Å²) in [5.74, 6) is 2.76. The average Bonchev–Trinajstić information content (AvgIpc) is 3.37. The van der Waals surface area contributed by atoms with Crippen molar-refractivity contribution >= 4 is 17.7 Å². The van der Waals surface area contributed by atoms with Crippen molar-refractivity contribution < 1.29 is 14.3 Å². The largest absolute Gasteiger partial charge is 0.454 e. The molecular weight excluding hydrogens is 388 g/mol. The maximum Gasteiger partial charge on any atom is 0.231 e. The first-order valence-corrected chi connectivity index (χ1v) is 10.4. The molecule has 3 aromatic rings. The van der Waals surface area contributed by atoms with E-state index in [1.54, 1.807) is 0 Å². The van der Waals surface area contributed by atoms with Gasteiger partial charge in [-0.3, -0.25) is 9.36 Å². The molecule has 1 aromatic heterocycles. The Balaban J connectivity index is 1.63. The lowest BCUT2D eigenvalue weighted by atomic mass is 10.2. The van der Waals surface area contributed by atoms with Crippen molar-refractivity contribution in [3.63, 3.8) is 0 Å². The topological polar surface area (TPSA) is 78.3 Å². The third kappa shape index (κ3) is 4.37. The number of benzene rings is 2. The van der Waals surface area contributed by atoms with Gasteiger partial charge in [-0.15, -0.1) is 10.2 Å². The molecular formula is C21H22N4O3S. The maximum absolute atomic E-state index is 12.2. The summed E-state index contributed by atoms with van der Waals surface area (Å²) in [6.45, 7) is 5.01. The first-order chi connectivity index (χ1) is 14.1. The summed E-state index contributed by atoms with van der Waals surface area (Å²) in [7, 11) is 0. The second-order valence-corrected chi connectivity index (χ2v) is 7.97. The molecule has 1 aliphatic heterocycles. The third-order valence-corrected chi connectivity index (χ3v) is 5.25. The molecule has 2 aromatic carbocycles. The number of hydrogen-bond donors (Lipinski definition) is 1. The first kappa shape index (κ1) is 19.3. The lowest BCUT2D eigenvalue weighted by Gasteiger charge is -2.11. The molecule has 4 rings (SSSR count). The summed E-state index contributed by atoms with van der Waals surface area (Å²) in [5.41, 5.74) is 1.79. The van der Waals surface area contributed by atoms with Gasteiger partial charge in [-0.05, 0) is 36.2 Å². The fourth-order valence-electron chi connectivity index (χ4n) is 2.89. The minimum atomic E-state index is -0.0176. The molecule has 1 aliphatic rings. The molecule has 0 saturated heterocycles. The van der Waals surface area contributed by atoms with Crippen LogP contribution in [0.1, 0.15) is 13.8 Å². The molecule has 0 aliphatic carbocycles. The molecule has 8 heteroatoms. The fourth-order valence-corrected chi connectivity index (χ4v) is 3.68. The van der Waals surface area contributed by atoms with E-state index in [-0.39, 0.29) is 18.5 Å². The number of amides is 1. The van der Waals surface area contributed by atoms with E-state index in [1.807, 2.05) is 53.1 Å². The molecule has 0 saturated carbocycles. The van der Waals surface area contributed by atoms with Crippen LogP contribution in [0.5, 0.6) is 11.5 Å². The highest BCUT2D eigenvalue weighted by Crippen LogP contribution is 2.36. The number of ether oxygens (including phenoxy) is 2. The van der Waals surface area contributed by atoms with Crippen LogP contribution in [0.25, 0.3) is 17.1 Å². The molecule has 7 nitrogen and oxygen atoms in total. The highest BCUT2D eigenvalue weighted by Gasteiger charge is 2.20. The van der Waals surface area contributed by atoms with Crippen LogP contribution in [-0.4, -0.2) is 39.8 Å². The Morgan fingerprint density at radius 1 is 1.14 bits per heavy atom. The SMILES string of the molecule is CC(C)CNC(=O)CSc1nnc(-c2ccc3c(c2)OCO3)n1-c1ccccc1. The van der Waals surface area contributed by atoms with Crippen molar-refractivity contribution in [2.45, 2.75) is 19.0 Å². The quantitative estimate of drug-likeness (QED) is 0.601. The Kier molecular flexibility index (Phi) is 5.71. The van der Waals surface area contributed by atoms with Crippen LogP contribution in [0.2, 0.25) is 0 Å². The Morgan fingerprint density at radius 2 is 1.93 bits per heavy atom. The predicted molar refractivity (Wildman–Crippen MR) is 111 cm³/mol. The minimum Gasteiger partial charge on any atom is -0.454 e. The van der Waals surface area contributed by atoms with Gasteiger partial charge in [0.15, 0.2) is 22.5 Å². The number of carbonyl (C=O) groups is 1. The number of hydrogen-bond acceptors (Lipinski definition) is 6. The molecule has 2 heterocycles. The number of nitrogens with one attached hydrogen (secondary N) is 1. The predicted octanol–water partition coefficient (Wildman–Crippen LogP) is 3.53. The standard InChI is InChI=1S/C21H22N4O3S/c1-14(2)11-22-19(26)12-29-21-24-23-20(25(21)16-6-4-3-5-7-16)15-8-9-17-18(10-15)28-13-27-17/h3-10,14H,11-13H2,1-2H3,(H,22,26). The molecule has 0 bridgehead atoms. The van der Waals surface area contributed by atoms with Crippen molar-refractivity contribution in [2.75, 3.05) is 19.1 Å². The van der Waals surface area contributed by atoms with Crippen LogP contribution < -0.4 is 14.8 Å². The van der Waals surface area contributed by atoms with Gasteiger partial charge < -0.3 is 14.8 Å². The van der Waals surface area contributed by atoms with Crippen molar-refractivity contribution in [1.29, 1.82) is 0 Å². The van der Waals surface area contributed by atoms with E-state index in [9.17, 15) is 4.79 Å². The molecule has 150 valence electrons. The lowest BCUT2D eigenvalue weighted by molar-refractivity contribution is -0.118. The molecule has 0 fully saturated rings. The highest BCUT2D eigenvalue weighted by atomic mass is 32.2. The summed E-state index contributed by atoms with van der Waals surface area (Å²) in [4.78, 5) is 12.2. The molecule has 0 unspecified atom stereocenters. The number of thioether (sulfide) groups is 1. The fraction of sp³-hybridized carbons (Fsp3) is 0.286. The van der Waals surface area contributed by atoms with Crippen LogP contribution in [-0.2, 0) is 4.79 Å². The second kappa shape index (κ2) is 8.57. The van der Waals surface area contributed by atoms with Gasteiger partial charge >= 0.3 is 0 Å². The number of fused-ring (bicyclic) bond motifs is 1. The van der Waals surface area contributed by atoms with Gasteiger partial charge in [-0.25, -0.2) is 0 Å². The summed E-state index contributed by atoms with van der Waals surface area (Å²) >= 11 is 1.36. The van der Waals surface area contributed by atoms with Gasteiger partial charge in [0.2, 0.25) is 12.7 Å². The van der Waals surface area contributed by atoms with Crippen molar-refractivity contribution in [2.24, 2.45) is 5.92 Å². The van der Waals surface area contributed by atoms with Crippen LogP contribution in [0.4, 0.5) is 0 Å². The Hall–Kier alpha value is -3.00. The Bertz CT molecular complexity index is 1000. The number of nitrogens with zero attached hydrogens (tertiary/aromatic N) is 3. The number of aromatic nitrogens is 3. The van der Waals surface area contributed by atoms with E-state index < -0.39 is 0 Å². The van der Waals surface area contributed by atoms with E-state index in [0.717, 1.165) is 17.0 Å². The maximum atomic E-state index is 12.2. The van der Waals surface area contributed by atoms with E-state index in [0.29, 0.717) is 29.2 Å². The van der Waals surface area contributed by atoms with Crippen LogP contribution in [0.15, 0.2) is 53.7 Å². The summed E-state index contributed by atoms with van der Waals surface area (Å²) in [5, 5.41) is 12.3. The first-order valence-electron chi connectivity index (χ1n) is 9.42. The summed E-state index contributed by atoms with van der Waals surface area (Å²) in [6.07, 6.45) is 0. The van der Waals surface area contributed by atoms with Crippen LogP contribution >= 0.6 is 11.8 Å². The third-order valence-electron chi connectivity index (χ3n) is 4.32. The average molecular weight is 410 g/mol. The van der Waals surface area contributed by atoms with Gasteiger partial charge in [0.05, 0.1) is 5.75 Å². The van der Waals surface area contributed by atoms with Crippen LogP contribution in [0, 0.1) is 5.92 Å². The van der Waals surface area contributed by atoms with Crippen molar-refractivity contribution in [1.82, 2.24) is 20.1 Å². The highest BCUT2D eigenvalue weighted by molar-refractivity contribution is 7.99. The van der Waals surface area contributed by atoms with Crippen LogP contribution in [0.3, 0.4) is 0 Å². The smallest absolute Gasteiger partial charge is 0.231 e. The lowest BCUT2D eigenvalue weighted by Crippen LogP contribution is -2.28. The Labute approximate surface area is 173 Å². The van der Waals surface area contributed by atoms with Gasteiger partial charge in [0.25, 0.3) is 0 Å². The van der Waals surface area contributed by atoms with Crippen molar-refractivity contribution in [3.8, 4) is 28.6 Å². The molecule has 0 spiro atoms. The number of para-hydroxylation sites is 1. The zero-order chi connectivity index (χ0) is 20.2. The van der Waals surface area contributed by atoms with Gasteiger partial charge in [0.1, 0.15) is 0 Å². The molecule has 0 atom stereocenters. The number of carbonyl (C=O) groups excluding carboxylic acids is 1. The Morgan fingerprint density at radius 3 is 2.72 bits per heavy atom. The monoisotopic (exact) mass is 410 g/mol. The minimum absolute atomic E-state index is 0.0176. The zero-order valence-corrected chi connectivity index (χ0v) is 17.1. The van der Waals surface area contributed by atoms with E-state index in [1.165, 1.54) is 11.8 Å². The van der Waals surface area contributed by atoms with Gasteiger partial charge in [-0.2, -0.15) is 0 Å². The van der Waals surface area contributed by atoms with E-state index in [4.69, 9.17) is 9.47 Å². The van der Waals surface area contributed by atoms with Crippen molar-refractivity contribution in [3.05, 3.63) is 48.5 Å². The molecule has 0 radical (unpaired) electrons. The van der Waals surface area contributed by atoms with E-state index in [2.05, 4.69) is 29.4 Å². The molecule has 1 N–H and O–H groups in total.